The number of aliphatic hydroxyl groups excluding tert-OH is 1. The Morgan fingerprint density at radius 3 is 2.71 bits per heavy atom. The molecular weight excluding hydrogens is 304 g/mol. The predicted molar refractivity (Wildman–Crippen MR) is 94.6 cm³/mol. The largest absolute Gasteiger partial charge is 0.462 e. The van der Waals surface area contributed by atoms with E-state index in [1.54, 1.807) is 13.1 Å². The number of nitrogens with zero attached hydrogens (tertiary/aromatic N) is 2. The maximum absolute atomic E-state index is 12.4. The molecule has 128 valence electrons. The van der Waals surface area contributed by atoms with E-state index in [4.69, 9.17) is 4.74 Å². The van der Waals surface area contributed by atoms with Gasteiger partial charge in [-0.15, -0.1) is 0 Å². The van der Waals surface area contributed by atoms with Crippen molar-refractivity contribution in [2.24, 2.45) is 0 Å². The van der Waals surface area contributed by atoms with Gasteiger partial charge in [-0.1, -0.05) is 11.6 Å². The van der Waals surface area contributed by atoms with E-state index in [9.17, 15) is 9.90 Å². The average Bonchev–Trinajstić information content (AvgIpc) is 2.55. The fourth-order valence-corrected chi connectivity index (χ4v) is 3.44. The van der Waals surface area contributed by atoms with Crippen LogP contribution >= 0.6 is 0 Å². The third-order valence-corrected chi connectivity index (χ3v) is 4.55. The zero-order chi connectivity index (χ0) is 17.3. The van der Waals surface area contributed by atoms with Gasteiger partial charge in [-0.25, -0.2) is 4.79 Å². The van der Waals surface area contributed by atoms with Crippen LogP contribution in [-0.4, -0.2) is 41.9 Å². The lowest BCUT2D eigenvalue weighted by Gasteiger charge is -2.33. The minimum Gasteiger partial charge on any atom is -0.462 e. The number of carbonyl (C=O) groups is 1. The molecule has 1 N–H and O–H groups in total. The molecule has 5 heteroatoms. The monoisotopic (exact) mass is 328 g/mol. The molecule has 1 aliphatic rings. The van der Waals surface area contributed by atoms with Crippen LogP contribution in [0.25, 0.3) is 10.9 Å². The van der Waals surface area contributed by atoms with Crippen molar-refractivity contribution in [1.29, 1.82) is 0 Å². The molecule has 1 aromatic heterocycles. The predicted octanol–water partition coefficient (Wildman–Crippen LogP) is 2.99. The van der Waals surface area contributed by atoms with Gasteiger partial charge in [0.25, 0.3) is 0 Å². The number of aliphatic hydroxyl groups is 1. The second-order valence-electron chi connectivity index (χ2n) is 6.44. The maximum Gasteiger partial charge on any atom is 0.341 e. The van der Waals surface area contributed by atoms with Crippen molar-refractivity contribution in [2.75, 3.05) is 24.6 Å². The van der Waals surface area contributed by atoms with Gasteiger partial charge in [0.15, 0.2) is 0 Å². The summed E-state index contributed by atoms with van der Waals surface area (Å²) in [7, 11) is 0. The van der Waals surface area contributed by atoms with Crippen LogP contribution in [0.4, 0.5) is 5.69 Å². The van der Waals surface area contributed by atoms with Crippen molar-refractivity contribution < 1.29 is 14.6 Å². The number of carbonyl (C=O) groups excluding carboxylic acids is 1. The number of hydrogen-bond donors (Lipinski definition) is 1. The number of hydrogen-bond acceptors (Lipinski definition) is 5. The van der Waals surface area contributed by atoms with Crippen LogP contribution < -0.4 is 4.90 Å². The summed E-state index contributed by atoms with van der Waals surface area (Å²) in [6.07, 6.45) is 2.78. The number of benzene rings is 1. The molecule has 0 saturated carbocycles. The molecule has 0 bridgehead atoms. The molecule has 1 fully saturated rings. The normalized spacial score (nSPS) is 15.8. The van der Waals surface area contributed by atoms with E-state index in [1.807, 2.05) is 13.8 Å². The van der Waals surface area contributed by atoms with E-state index in [0.717, 1.165) is 40.8 Å². The molecule has 24 heavy (non-hydrogen) atoms. The van der Waals surface area contributed by atoms with Crippen LogP contribution in [0.2, 0.25) is 0 Å². The van der Waals surface area contributed by atoms with Crippen LogP contribution in [0.15, 0.2) is 18.3 Å². The summed E-state index contributed by atoms with van der Waals surface area (Å²) in [5.41, 5.74) is 4.54. The molecular formula is C19H24N2O3. The number of aryl methyl sites for hydroxylation is 2. The van der Waals surface area contributed by atoms with Gasteiger partial charge in [0, 0.05) is 24.7 Å². The molecule has 0 spiro atoms. The van der Waals surface area contributed by atoms with Crippen LogP contribution in [-0.2, 0) is 4.74 Å². The molecule has 1 aliphatic heterocycles. The molecule has 2 aromatic rings. The Hall–Kier alpha value is -2.14. The van der Waals surface area contributed by atoms with Gasteiger partial charge in [0.05, 0.1) is 23.9 Å². The second kappa shape index (κ2) is 6.77. The quantitative estimate of drug-likeness (QED) is 0.878. The minimum atomic E-state index is -0.341. The van der Waals surface area contributed by atoms with Gasteiger partial charge in [-0.05, 0) is 45.2 Å². The van der Waals surface area contributed by atoms with Crippen molar-refractivity contribution >= 4 is 22.6 Å². The van der Waals surface area contributed by atoms with E-state index in [-0.39, 0.29) is 12.1 Å². The molecule has 5 nitrogen and oxygen atoms in total. The molecule has 2 heterocycles. The fourth-order valence-electron chi connectivity index (χ4n) is 3.44. The summed E-state index contributed by atoms with van der Waals surface area (Å²) in [6.45, 7) is 7.67. The molecule has 0 atom stereocenters. The van der Waals surface area contributed by atoms with E-state index >= 15 is 0 Å². The third kappa shape index (κ3) is 3.08. The van der Waals surface area contributed by atoms with Crippen molar-refractivity contribution in [3.05, 3.63) is 35.0 Å². The number of fused-ring (bicyclic) bond motifs is 1. The van der Waals surface area contributed by atoms with Crippen LogP contribution in [0.1, 0.15) is 41.3 Å². The van der Waals surface area contributed by atoms with Gasteiger partial charge < -0.3 is 14.7 Å². The lowest BCUT2D eigenvalue weighted by molar-refractivity contribution is 0.0526. The third-order valence-electron chi connectivity index (χ3n) is 4.55. The maximum atomic E-state index is 12.4. The first-order valence-electron chi connectivity index (χ1n) is 8.51. The number of pyridine rings is 1. The van der Waals surface area contributed by atoms with E-state index < -0.39 is 0 Å². The summed E-state index contributed by atoms with van der Waals surface area (Å²) < 4.78 is 5.23. The van der Waals surface area contributed by atoms with Crippen LogP contribution in [0.3, 0.4) is 0 Å². The molecule has 0 radical (unpaired) electrons. The summed E-state index contributed by atoms with van der Waals surface area (Å²) in [6, 6.07) is 4.18. The van der Waals surface area contributed by atoms with E-state index in [1.165, 1.54) is 0 Å². The zero-order valence-corrected chi connectivity index (χ0v) is 14.5. The van der Waals surface area contributed by atoms with Crippen molar-refractivity contribution in [2.45, 2.75) is 39.7 Å². The lowest BCUT2D eigenvalue weighted by atomic mass is 10.00. The topological polar surface area (TPSA) is 62.7 Å². The smallest absolute Gasteiger partial charge is 0.341 e. The Kier molecular flexibility index (Phi) is 4.71. The summed E-state index contributed by atoms with van der Waals surface area (Å²) in [5.74, 6) is -0.341. The van der Waals surface area contributed by atoms with Crippen molar-refractivity contribution in [3.8, 4) is 0 Å². The van der Waals surface area contributed by atoms with Crippen molar-refractivity contribution in [1.82, 2.24) is 4.98 Å². The molecule has 0 aliphatic carbocycles. The van der Waals surface area contributed by atoms with Gasteiger partial charge in [-0.2, -0.15) is 0 Å². The highest BCUT2D eigenvalue weighted by Crippen LogP contribution is 2.34. The summed E-state index contributed by atoms with van der Waals surface area (Å²) in [5, 5.41) is 10.8. The van der Waals surface area contributed by atoms with Crippen molar-refractivity contribution in [3.63, 3.8) is 0 Å². The van der Waals surface area contributed by atoms with E-state index in [2.05, 4.69) is 22.0 Å². The molecule has 0 unspecified atom stereocenters. The highest BCUT2D eigenvalue weighted by molar-refractivity contribution is 6.06. The first-order valence-corrected chi connectivity index (χ1v) is 8.51. The Morgan fingerprint density at radius 1 is 1.33 bits per heavy atom. The average molecular weight is 328 g/mol. The summed E-state index contributed by atoms with van der Waals surface area (Å²) in [4.78, 5) is 19.1. The number of esters is 1. The second-order valence-corrected chi connectivity index (χ2v) is 6.44. The van der Waals surface area contributed by atoms with Gasteiger partial charge >= 0.3 is 5.97 Å². The zero-order valence-electron chi connectivity index (χ0n) is 14.5. The highest BCUT2D eigenvalue weighted by Gasteiger charge is 2.25. The molecule has 1 saturated heterocycles. The number of piperidine rings is 1. The van der Waals surface area contributed by atoms with Gasteiger partial charge in [0.2, 0.25) is 0 Å². The molecule has 3 rings (SSSR count). The van der Waals surface area contributed by atoms with Crippen LogP contribution in [0.5, 0.6) is 0 Å². The Morgan fingerprint density at radius 2 is 2.04 bits per heavy atom. The van der Waals surface area contributed by atoms with Gasteiger partial charge in [0.1, 0.15) is 5.56 Å². The lowest BCUT2D eigenvalue weighted by Crippen LogP contribution is -2.37. The SMILES string of the molecule is CCOC(=O)c1cnc2c(C)cc(C)cc2c1N1CCC(O)CC1. The number of anilines is 1. The van der Waals surface area contributed by atoms with E-state index in [0.29, 0.717) is 25.0 Å². The summed E-state index contributed by atoms with van der Waals surface area (Å²) >= 11 is 0. The minimum absolute atomic E-state index is 0.260. The Labute approximate surface area is 142 Å². The van der Waals surface area contributed by atoms with Gasteiger partial charge in [-0.3, -0.25) is 4.98 Å². The number of ether oxygens (including phenoxy) is 1. The Bertz CT molecular complexity index is 765. The standard InChI is InChI=1S/C19H24N2O3/c1-4-24-19(23)16-11-20-17-13(3)9-12(2)10-15(17)18(16)21-7-5-14(22)6-8-21/h9-11,14,22H,4-8H2,1-3H3. The number of rotatable bonds is 3. The van der Waals surface area contributed by atoms with Crippen LogP contribution in [0, 0.1) is 13.8 Å². The fraction of sp³-hybridized carbons (Fsp3) is 0.474. The number of aromatic nitrogens is 1. The first kappa shape index (κ1) is 16.7. The highest BCUT2D eigenvalue weighted by atomic mass is 16.5. The Balaban J connectivity index is 2.19. The first-order chi connectivity index (χ1) is 11.5. The molecule has 0 amide bonds. The molecule has 1 aromatic carbocycles.